The van der Waals surface area contributed by atoms with Crippen LogP contribution in [0.15, 0.2) is 6.20 Å². The highest BCUT2D eigenvalue weighted by atomic mass is 15.3. The van der Waals surface area contributed by atoms with Gasteiger partial charge in [0.1, 0.15) is 0 Å². The Morgan fingerprint density at radius 2 is 1.95 bits per heavy atom. The maximum absolute atomic E-state index is 4.51. The van der Waals surface area contributed by atoms with Gasteiger partial charge < -0.3 is 5.32 Å². The van der Waals surface area contributed by atoms with Gasteiger partial charge >= 0.3 is 0 Å². The van der Waals surface area contributed by atoms with Gasteiger partial charge in [-0.05, 0) is 25.8 Å². The van der Waals surface area contributed by atoms with Gasteiger partial charge in [-0.3, -0.25) is 4.68 Å². The lowest BCUT2D eigenvalue weighted by Gasteiger charge is -2.08. The molecule has 1 aromatic heterocycles. The molecule has 1 rings (SSSR count). The third kappa shape index (κ3) is 6.24. The van der Waals surface area contributed by atoms with Crippen molar-refractivity contribution in [2.45, 2.75) is 72.9 Å². The lowest BCUT2D eigenvalue weighted by molar-refractivity contribution is 0.522. The molecule has 0 spiro atoms. The largest absolute Gasteiger partial charge is 0.312 e. The maximum atomic E-state index is 4.51. The van der Waals surface area contributed by atoms with Gasteiger partial charge in [0, 0.05) is 24.3 Å². The van der Waals surface area contributed by atoms with E-state index in [0.717, 1.165) is 19.6 Å². The highest BCUT2D eigenvalue weighted by Crippen LogP contribution is 2.10. The summed E-state index contributed by atoms with van der Waals surface area (Å²) in [5.41, 5.74) is 2.67. The molecule has 0 saturated carbocycles. The van der Waals surface area contributed by atoms with Crippen molar-refractivity contribution < 1.29 is 0 Å². The summed E-state index contributed by atoms with van der Waals surface area (Å²) in [6.45, 7) is 12.0. The molecule has 0 aliphatic heterocycles. The molecule has 0 radical (unpaired) electrons. The molecule has 1 heterocycles. The highest BCUT2D eigenvalue weighted by Gasteiger charge is 2.05. The van der Waals surface area contributed by atoms with E-state index in [9.17, 15) is 0 Å². The summed E-state index contributed by atoms with van der Waals surface area (Å²) in [5.74, 6) is 0.703. The molecule has 0 aliphatic carbocycles. The van der Waals surface area contributed by atoms with E-state index in [1.165, 1.54) is 43.4 Å². The topological polar surface area (TPSA) is 29.9 Å². The molecule has 1 aromatic rings. The van der Waals surface area contributed by atoms with Crippen LogP contribution in [0, 0.1) is 12.8 Å². The summed E-state index contributed by atoms with van der Waals surface area (Å²) in [4.78, 5) is 0. The minimum Gasteiger partial charge on any atom is -0.312 e. The van der Waals surface area contributed by atoms with E-state index in [1.54, 1.807) is 0 Å². The Kier molecular flexibility index (Phi) is 7.80. The van der Waals surface area contributed by atoms with Gasteiger partial charge in [0.2, 0.25) is 0 Å². The summed E-state index contributed by atoms with van der Waals surface area (Å²) in [5, 5.41) is 7.99. The summed E-state index contributed by atoms with van der Waals surface area (Å²) < 4.78 is 2.17. The number of nitrogens with one attached hydrogen (secondary N) is 1. The second-order valence-corrected chi connectivity index (χ2v) is 5.92. The van der Waals surface area contributed by atoms with Crippen LogP contribution in [0.3, 0.4) is 0 Å². The first kappa shape index (κ1) is 16.2. The standard InChI is InChI=1S/C16H31N3/c1-5-6-7-8-9-10-19-15(4)16(13-18-19)12-17-11-14(2)3/h13-14,17H,5-12H2,1-4H3. The fourth-order valence-electron chi connectivity index (χ4n) is 2.24. The van der Waals surface area contributed by atoms with Gasteiger partial charge in [-0.15, -0.1) is 0 Å². The Morgan fingerprint density at radius 3 is 2.63 bits per heavy atom. The quantitative estimate of drug-likeness (QED) is 0.650. The number of aryl methyl sites for hydroxylation is 1. The van der Waals surface area contributed by atoms with E-state index in [1.807, 2.05) is 6.20 Å². The molecule has 0 unspecified atom stereocenters. The molecular weight excluding hydrogens is 234 g/mol. The zero-order chi connectivity index (χ0) is 14.1. The van der Waals surface area contributed by atoms with Crippen LogP contribution in [0.2, 0.25) is 0 Å². The average molecular weight is 265 g/mol. The smallest absolute Gasteiger partial charge is 0.0537 e. The van der Waals surface area contributed by atoms with E-state index in [-0.39, 0.29) is 0 Å². The number of hydrogen-bond donors (Lipinski definition) is 1. The Morgan fingerprint density at radius 1 is 1.21 bits per heavy atom. The molecule has 0 fully saturated rings. The van der Waals surface area contributed by atoms with Crippen molar-refractivity contribution in [3.63, 3.8) is 0 Å². The fourth-order valence-corrected chi connectivity index (χ4v) is 2.24. The maximum Gasteiger partial charge on any atom is 0.0537 e. The van der Waals surface area contributed by atoms with Crippen molar-refractivity contribution >= 4 is 0 Å². The number of rotatable bonds is 10. The molecule has 110 valence electrons. The Balaban J connectivity index is 2.30. The summed E-state index contributed by atoms with van der Waals surface area (Å²) in [6.07, 6.45) is 8.64. The van der Waals surface area contributed by atoms with Crippen LogP contribution in [0.5, 0.6) is 0 Å². The molecule has 0 aliphatic rings. The number of unbranched alkanes of at least 4 members (excludes halogenated alkanes) is 4. The first-order valence-electron chi connectivity index (χ1n) is 7.87. The van der Waals surface area contributed by atoms with Crippen molar-refractivity contribution in [1.82, 2.24) is 15.1 Å². The molecule has 3 nitrogen and oxygen atoms in total. The number of aromatic nitrogens is 2. The van der Waals surface area contributed by atoms with E-state index < -0.39 is 0 Å². The van der Waals surface area contributed by atoms with Crippen LogP contribution in [-0.4, -0.2) is 16.3 Å². The Labute approximate surface area is 118 Å². The van der Waals surface area contributed by atoms with E-state index in [4.69, 9.17) is 0 Å². The molecular formula is C16H31N3. The zero-order valence-corrected chi connectivity index (χ0v) is 13.2. The molecule has 1 N–H and O–H groups in total. The molecule has 3 heteroatoms. The van der Waals surface area contributed by atoms with Crippen molar-refractivity contribution in [1.29, 1.82) is 0 Å². The molecule has 0 saturated heterocycles. The molecule has 0 bridgehead atoms. The van der Waals surface area contributed by atoms with Crippen LogP contribution in [0.25, 0.3) is 0 Å². The SMILES string of the molecule is CCCCCCCn1ncc(CNCC(C)C)c1C. The minimum atomic E-state index is 0.703. The van der Waals surface area contributed by atoms with E-state index in [2.05, 4.69) is 42.8 Å². The van der Waals surface area contributed by atoms with Gasteiger partial charge in [-0.1, -0.05) is 46.5 Å². The first-order valence-corrected chi connectivity index (χ1v) is 7.87. The third-order valence-corrected chi connectivity index (χ3v) is 3.55. The Bertz CT molecular complexity index is 342. The molecule has 0 aromatic carbocycles. The highest BCUT2D eigenvalue weighted by molar-refractivity contribution is 5.15. The summed E-state index contributed by atoms with van der Waals surface area (Å²) in [6, 6.07) is 0. The van der Waals surface area contributed by atoms with Gasteiger partial charge in [-0.25, -0.2) is 0 Å². The van der Waals surface area contributed by atoms with Crippen LogP contribution >= 0.6 is 0 Å². The molecule has 19 heavy (non-hydrogen) atoms. The van der Waals surface area contributed by atoms with Gasteiger partial charge in [0.25, 0.3) is 0 Å². The number of hydrogen-bond acceptors (Lipinski definition) is 2. The van der Waals surface area contributed by atoms with Gasteiger partial charge in [0.15, 0.2) is 0 Å². The predicted octanol–water partition coefficient (Wildman–Crippen LogP) is 3.91. The van der Waals surface area contributed by atoms with Crippen molar-refractivity contribution in [3.05, 3.63) is 17.5 Å². The first-order chi connectivity index (χ1) is 9.15. The van der Waals surface area contributed by atoms with E-state index in [0.29, 0.717) is 5.92 Å². The van der Waals surface area contributed by atoms with Crippen LogP contribution in [-0.2, 0) is 13.1 Å². The van der Waals surface area contributed by atoms with Crippen LogP contribution in [0.4, 0.5) is 0 Å². The van der Waals surface area contributed by atoms with Crippen molar-refractivity contribution in [2.75, 3.05) is 6.54 Å². The average Bonchev–Trinajstić information content (AvgIpc) is 2.71. The lowest BCUT2D eigenvalue weighted by atomic mass is 10.1. The normalized spacial score (nSPS) is 11.4. The second kappa shape index (κ2) is 9.13. The minimum absolute atomic E-state index is 0.703. The zero-order valence-electron chi connectivity index (χ0n) is 13.2. The number of nitrogens with zero attached hydrogens (tertiary/aromatic N) is 2. The van der Waals surface area contributed by atoms with Crippen LogP contribution < -0.4 is 5.32 Å². The third-order valence-electron chi connectivity index (χ3n) is 3.55. The lowest BCUT2D eigenvalue weighted by Crippen LogP contribution is -2.19. The van der Waals surface area contributed by atoms with Crippen LogP contribution in [0.1, 0.15) is 64.1 Å². The summed E-state index contributed by atoms with van der Waals surface area (Å²) >= 11 is 0. The molecule has 0 atom stereocenters. The van der Waals surface area contributed by atoms with Crippen molar-refractivity contribution in [3.8, 4) is 0 Å². The van der Waals surface area contributed by atoms with Gasteiger partial charge in [0.05, 0.1) is 6.20 Å². The van der Waals surface area contributed by atoms with Crippen molar-refractivity contribution in [2.24, 2.45) is 5.92 Å². The second-order valence-electron chi connectivity index (χ2n) is 5.92. The summed E-state index contributed by atoms with van der Waals surface area (Å²) in [7, 11) is 0. The van der Waals surface area contributed by atoms with Gasteiger partial charge in [-0.2, -0.15) is 5.10 Å². The van der Waals surface area contributed by atoms with E-state index >= 15 is 0 Å². The fraction of sp³-hybridized carbons (Fsp3) is 0.812. The monoisotopic (exact) mass is 265 g/mol. The molecule has 0 amide bonds. The Hall–Kier alpha value is -0.830. The predicted molar refractivity (Wildman–Crippen MR) is 82.3 cm³/mol.